The van der Waals surface area contributed by atoms with Gasteiger partial charge in [0.2, 0.25) is 0 Å². The lowest BCUT2D eigenvalue weighted by molar-refractivity contribution is 0.0317. The number of hydrogen-bond donors (Lipinski definition) is 2. The lowest BCUT2D eigenvalue weighted by Gasteiger charge is -2.26. The first-order valence-electron chi connectivity index (χ1n) is 9.40. The molecule has 2 aromatic heterocycles. The van der Waals surface area contributed by atoms with Crippen molar-refractivity contribution < 1.29 is 9.47 Å². The van der Waals surface area contributed by atoms with E-state index >= 15 is 0 Å². The Morgan fingerprint density at radius 3 is 3.00 bits per heavy atom. The van der Waals surface area contributed by atoms with Crippen LogP contribution >= 0.6 is 0 Å². The van der Waals surface area contributed by atoms with Gasteiger partial charge in [-0.3, -0.25) is 9.89 Å². The van der Waals surface area contributed by atoms with E-state index in [0.29, 0.717) is 25.0 Å². The smallest absolute Gasteiger partial charge is 0.318 e. The van der Waals surface area contributed by atoms with Crippen molar-refractivity contribution in [3.8, 4) is 6.01 Å². The fraction of sp³-hybridized carbons (Fsp3) is 0.350. The minimum absolute atomic E-state index is 0.297. The molecule has 8 nitrogen and oxygen atoms in total. The van der Waals surface area contributed by atoms with Gasteiger partial charge in [-0.2, -0.15) is 9.97 Å². The summed E-state index contributed by atoms with van der Waals surface area (Å²) in [5.74, 6) is 0.383. The predicted octanol–water partition coefficient (Wildman–Crippen LogP) is 1.87. The van der Waals surface area contributed by atoms with Gasteiger partial charge in [0.05, 0.1) is 25.5 Å². The molecule has 3 N–H and O–H groups in total. The van der Waals surface area contributed by atoms with Gasteiger partial charge in [0.15, 0.2) is 0 Å². The first kappa shape index (κ1) is 18.4. The van der Waals surface area contributed by atoms with Gasteiger partial charge in [-0.05, 0) is 6.07 Å². The number of fused-ring (bicyclic) bond motifs is 1. The minimum atomic E-state index is 0.297. The molecule has 1 saturated heterocycles. The molecule has 146 valence electrons. The minimum Gasteiger partial charge on any atom is -0.462 e. The highest BCUT2D eigenvalue weighted by atomic mass is 16.5. The molecule has 4 rings (SSSR count). The summed E-state index contributed by atoms with van der Waals surface area (Å²) in [5.41, 5.74) is 8.76. The summed E-state index contributed by atoms with van der Waals surface area (Å²) in [6, 6.07) is 10.1. The van der Waals surface area contributed by atoms with E-state index in [1.165, 1.54) is 0 Å². The molecule has 1 fully saturated rings. The summed E-state index contributed by atoms with van der Waals surface area (Å²) in [6.07, 6.45) is 3.79. The van der Waals surface area contributed by atoms with Crippen LogP contribution in [-0.4, -0.2) is 65.5 Å². The van der Waals surface area contributed by atoms with Crippen LogP contribution in [0.25, 0.3) is 10.9 Å². The maximum atomic E-state index is 5.90. The van der Waals surface area contributed by atoms with Crippen molar-refractivity contribution in [1.29, 1.82) is 0 Å². The second-order valence-electron chi connectivity index (χ2n) is 6.63. The monoisotopic (exact) mass is 380 g/mol. The molecule has 1 aromatic carbocycles. The summed E-state index contributed by atoms with van der Waals surface area (Å²) < 4.78 is 11.0. The highest BCUT2D eigenvalue weighted by Gasteiger charge is 2.11. The lowest BCUT2D eigenvalue weighted by Crippen LogP contribution is -2.38. The number of H-pyrrole nitrogens is 1. The number of aromatic nitrogens is 3. The van der Waals surface area contributed by atoms with Crippen molar-refractivity contribution in [2.75, 3.05) is 45.2 Å². The number of ether oxygens (including phenoxy) is 2. The first-order valence-corrected chi connectivity index (χ1v) is 9.40. The number of hydrogen-bond acceptors (Lipinski definition) is 7. The van der Waals surface area contributed by atoms with Gasteiger partial charge in [0.25, 0.3) is 0 Å². The zero-order chi connectivity index (χ0) is 19.2. The lowest BCUT2D eigenvalue weighted by atomic mass is 10.2. The molecule has 28 heavy (non-hydrogen) atoms. The Hall–Kier alpha value is -2.97. The molecule has 3 aromatic rings. The molecule has 0 atom stereocenters. The van der Waals surface area contributed by atoms with E-state index in [2.05, 4.69) is 30.9 Å². The Morgan fingerprint density at radius 1 is 1.25 bits per heavy atom. The molecule has 8 heteroatoms. The van der Waals surface area contributed by atoms with Crippen LogP contribution in [0.1, 0.15) is 11.3 Å². The standard InChI is InChI=1S/C20H24N6O2/c21-19-11-16(14-22-12-15-13-23-18-4-2-1-3-17(15)18)24-20(25-19)28-10-7-26-5-8-27-9-6-26/h1-4,11-13,23H,5-10,14H2,(H2,21,24,25). The number of nitrogens with two attached hydrogens (primary N) is 1. The van der Waals surface area contributed by atoms with Crippen molar-refractivity contribution in [1.82, 2.24) is 19.9 Å². The van der Waals surface area contributed by atoms with Crippen LogP contribution in [0.4, 0.5) is 5.82 Å². The van der Waals surface area contributed by atoms with E-state index in [4.69, 9.17) is 15.2 Å². The fourth-order valence-corrected chi connectivity index (χ4v) is 3.17. The summed E-state index contributed by atoms with van der Waals surface area (Å²) in [6.45, 7) is 5.13. The van der Waals surface area contributed by atoms with Gasteiger partial charge in [0, 0.05) is 54.6 Å². The average Bonchev–Trinajstić information content (AvgIpc) is 3.12. The topological polar surface area (TPSA) is 102 Å². The van der Waals surface area contributed by atoms with Crippen molar-refractivity contribution in [3.05, 3.63) is 47.8 Å². The van der Waals surface area contributed by atoms with E-state index in [1.807, 2.05) is 30.6 Å². The summed E-state index contributed by atoms with van der Waals surface area (Å²) in [7, 11) is 0. The molecule has 3 heterocycles. The number of anilines is 1. The van der Waals surface area contributed by atoms with Crippen LogP contribution in [0.15, 0.2) is 41.5 Å². The van der Waals surface area contributed by atoms with Crippen molar-refractivity contribution >= 4 is 22.9 Å². The number of nitrogens with one attached hydrogen (secondary N) is 1. The third-order valence-corrected chi connectivity index (χ3v) is 4.63. The maximum absolute atomic E-state index is 5.90. The second kappa shape index (κ2) is 8.81. The maximum Gasteiger partial charge on any atom is 0.318 e. The van der Waals surface area contributed by atoms with E-state index in [-0.39, 0.29) is 0 Å². The third kappa shape index (κ3) is 4.65. The Bertz CT molecular complexity index is 949. The normalized spacial score (nSPS) is 15.4. The number of nitrogens with zero attached hydrogens (tertiary/aromatic N) is 4. The molecular formula is C20H24N6O2. The number of rotatable bonds is 7. The average molecular weight is 380 g/mol. The zero-order valence-electron chi connectivity index (χ0n) is 15.7. The van der Waals surface area contributed by atoms with Crippen LogP contribution in [-0.2, 0) is 11.3 Å². The van der Waals surface area contributed by atoms with Crippen molar-refractivity contribution in [2.45, 2.75) is 6.54 Å². The molecule has 0 radical (unpaired) electrons. The Labute approximate surface area is 163 Å². The van der Waals surface area contributed by atoms with E-state index in [1.54, 1.807) is 6.07 Å². The number of benzene rings is 1. The number of nitrogen functional groups attached to an aromatic ring is 1. The zero-order valence-corrected chi connectivity index (χ0v) is 15.7. The highest BCUT2D eigenvalue weighted by molar-refractivity contribution is 5.98. The molecule has 0 aliphatic carbocycles. The molecule has 0 unspecified atom stereocenters. The molecule has 0 saturated carbocycles. The van der Waals surface area contributed by atoms with Gasteiger partial charge in [-0.15, -0.1) is 0 Å². The first-order chi connectivity index (χ1) is 13.8. The van der Waals surface area contributed by atoms with E-state index in [9.17, 15) is 0 Å². The summed E-state index contributed by atoms with van der Waals surface area (Å²) in [4.78, 5) is 18.6. The number of aromatic amines is 1. The van der Waals surface area contributed by atoms with E-state index < -0.39 is 0 Å². The summed E-state index contributed by atoms with van der Waals surface area (Å²) >= 11 is 0. The second-order valence-corrected chi connectivity index (χ2v) is 6.63. The van der Waals surface area contributed by atoms with Crippen LogP contribution in [0.2, 0.25) is 0 Å². The Balaban J connectivity index is 1.35. The number of morpholine rings is 1. The van der Waals surface area contributed by atoms with Crippen LogP contribution in [0, 0.1) is 0 Å². The third-order valence-electron chi connectivity index (χ3n) is 4.63. The van der Waals surface area contributed by atoms with Gasteiger partial charge < -0.3 is 20.2 Å². The van der Waals surface area contributed by atoms with Gasteiger partial charge in [-0.1, -0.05) is 18.2 Å². The van der Waals surface area contributed by atoms with Crippen molar-refractivity contribution in [2.24, 2.45) is 4.99 Å². The molecule has 1 aliphatic heterocycles. The van der Waals surface area contributed by atoms with Gasteiger partial charge >= 0.3 is 6.01 Å². The van der Waals surface area contributed by atoms with Gasteiger partial charge in [0.1, 0.15) is 12.4 Å². The van der Waals surface area contributed by atoms with Crippen molar-refractivity contribution in [3.63, 3.8) is 0 Å². The molecule has 1 aliphatic rings. The predicted molar refractivity (Wildman–Crippen MR) is 109 cm³/mol. The molecule has 0 amide bonds. The van der Waals surface area contributed by atoms with Crippen LogP contribution in [0.5, 0.6) is 6.01 Å². The fourth-order valence-electron chi connectivity index (χ4n) is 3.17. The van der Waals surface area contributed by atoms with Crippen LogP contribution in [0.3, 0.4) is 0 Å². The molecule has 0 spiro atoms. The molecular weight excluding hydrogens is 356 g/mol. The quantitative estimate of drug-likeness (QED) is 0.607. The Morgan fingerprint density at radius 2 is 2.11 bits per heavy atom. The van der Waals surface area contributed by atoms with E-state index in [0.717, 1.165) is 55.0 Å². The largest absolute Gasteiger partial charge is 0.462 e. The Kier molecular flexibility index (Phi) is 5.79. The van der Waals surface area contributed by atoms with Crippen LogP contribution < -0.4 is 10.5 Å². The highest BCUT2D eigenvalue weighted by Crippen LogP contribution is 2.16. The number of aliphatic imine (C=N–C) groups is 1. The van der Waals surface area contributed by atoms with Gasteiger partial charge in [-0.25, -0.2) is 0 Å². The number of para-hydroxylation sites is 1. The molecule has 0 bridgehead atoms. The summed E-state index contributed by atoms with van der Waals surface area (Å²) in [5, 5.41) is 1.14. The SMILES string of the molecule is Nc1cc(CN=Cc2c[nH]c3ccccc23)nc(OCCN2CCOCC2)n1.